The van der Waals surface area contributed by atoms with Crippen molar-refractivity contribution in [2.75, 3.05) is 11.4 Å². The molecule has 0 aliphatic heterocycles. The molecule has 184 valence electrons. The molecule has 3 amide bonds. The van der Waals surface area contributed by atoms with Crippen molar-refractivity contribution in [3.05, 3.63) is 75.9 Å². The predicted octanol–water partition coefficient (Wildman–Crippen LogP) is 4.91. The van der Waals surface area contributed by atoms with Gasteiger partial charge in [0.15, 0.2) is 6.04 Å². The van der Waals surface area contributed by atoms with Crippen LogP contribution in [0, 0.1) is 13.8 Å². The van der Waals surface area contributed by atoms with Crippen LogP contribution in [-0.4, -0.2) is 30.3 Å². The molecule has 1 aliphatic rings. The van der Waals surface area contributed by atoms with Crippen LogP contribution in [0.15, 0.2) is 58.5 Å². The zero-order chi connectivity index (χ0) is 24.8. The average Bonchev–Trinajstić information content (AvgIpc) is 3.58. The Morgan fingerprint density at radius 2 is 1.86 bits per heavy atom. The quantitative estimate of drug-likeness (QED) is 0.466. The zero-order valence-corrected chi connectivity index (χ0v) is 20.9. The molecule has 3 aromatic rings. The van der Waals surface area contributed by atoms with Gasteiger partial charge < -0.3 is 15.1 Å². The molecule has 0 saturated heterocycles. The third kappa shape index (κ3) is 5.82. The van der Waals surface area contributed by atoms with Crippen molar-refractivity contribution >= 4 is 34.7 Å². The van der Waals surface area contributed by atoms with E-state index >= 15 is 0 Å². The Hall–Kier alpha value is -3.39. The summed E-state index contributed by atoms with van der Waals surface area (Å²) in [7, 11) is 0. The van der Waals surface area contributed by atoms with Crippen molar-refractivity contribution in [1.29, 1.82) is 0 Å². The Labute approximate surface area is 209 Å². The number of amides is 3. The molecule has 7 nitrogen and oxygen atoms in total. The molecule has 1 atom stereocenters. The van der Waals surface area contributed by atoms with E-state index in [4.69, 9.17) is 4.42 Å². The van der Waals surface area contributed by atoms with Gasteiger partial charge in [0.2, 0.25) is 5.91 Å². The minimum absolute atomic E-state index is 0.0720. The number of hydrogen-bond donors (Lipinski definition) is 2. The summed E-state index contributed by atoms with van der Waals surface area (Å²) >= 11 is 1.30. The Balaban J connectivity index is 1.67. The van der Waals surface area contributed by atoms with Crippen LogP contribution in [0.5, 0.6) is 0 Å². The number of anilines is 1. The van der Waals surface area contributed by atoms with Crippen molar-refractivity contribution in [2.24, 2.45) is 0 Å². The van der Waals surface area contributed by atoms with Gasteiger partial charge in [0, 0.05) is 11.7 Å². The van der Waals surface area contributed by atoms with E-state index in [2.05, 4.69) is 10.6 Å². The smallest absolute Gasteiger partial charge is 0.261 e. The maximum absolute atomic E-state index is 13.7. The fourth-order valence-corrected chi connectivity index (χ4v) is 5.14. The average molecular weight is 494 g/mol. The van der Waals surface area contributed by atoms with Gasteiger partial charge in [0.25, 0.3) is 11.8 Å². The second-order valence-electron chi connectivity index (χ2n) is 8.90. The number of thiophene rings is 1. The van der Waals surface area contributed by atoms with E-state index in [1.54, 1.807) is 24.3 Å². The Morgan fingerprint density at radius 3 is 2.54 bits per heavy atom. The van der Waals surface area contributed by atoms with Crippen LogP contribution in [0.4, 0.5) is 5.69 Å². The molecule has 0 radical (unpaired) electrons. The molecular weight excluding hydrogens is 462 g/mol. The van der Waals surface area contributed by atoms with Gasteiger partial charge in [-0.15, -0.1) is 11.3 Å². The maximum atomic E-state index is 13.7. The van der Waals surface area contributed by atoms with Crippen LogP contribution in [0.2, 0.25) is 0 Å². The summed E-state index contributed by atoms with van der Waals surface area (Å²) in [6.45, 7) is 3.63. The fraction of sp³-hybridized carbons (Fsp3) is 0.370. The minimum Gasteiger partial charge on any atom is -0.467 e. The SMILES string of the molecule is Cc1cccc(N(C(=O)CNC(=O)c2cccs2)[C@H](C(=O)NC2CCCCC2)c2ccco2)c1C. The van der Waals surface area contributed by atoms with E-state index in [9.17, 15) is 14.4 Å². The Bertz CT molecular complexity index is 1150. The lowest BCUT2D eigenvalue weighted by molar-refractivity contribution is -0.127. The highest BCUT2D eigenvalue weighted by atomic mass is 32.1. The topological polar surface area (TPSA) is 91.7 Å². The molecule has 0 unspecified atom stereocenters. The molecule has 2 aromatic heterocycles. The van der Waals surface area contributed by atoms with E-state index < -0.39 is 11.9 Å². The van der Waals surface area contributed by atoms with Crippen LogP contribution < -0.4 is 15.5 Å². The third-order valence-corrected chi connectivity index (χ3v) is 7.39. The van der Waals surface area contributed by atoms with Crippen molar-refractivity contribution in [2.45, 2.75) is 58.0 Å². The van der Waals surface area contributed by atoms with Crippen LogP contribution >= 0.6 is 11.3 Å². The second-order valence-corrected chi connectivity index (χ2v) is 9.85. The highest BCUT2D eigenvalue weighted by Gasteiger charge is 2.36. The van der Waals surface area contributed by atoms with Crippen LogP contribution in [0.3, 0.4) is 0 Å². The van der Waals surface area contributed by atoms with Gasteiger partial charge in [0.05, 0.1) is 17.7 Å². The Morgan fingerprint density at radius 1 is 1.06 bits per heavy atom. The lowest BCUT2D eigenvalue weighted by Gasteiger charge is -2.33. The largest absolute Gasteiger partial charge is 0.467 e. The van der Waals surface area contributed by atoms with Gasteiger partial charge in [-0.1, -0.05) is 37.5 Å². The summed E-state index contributed by atoms with van der Waals surface area (Å²) in [5.41, 5.74) is 2.49. The molecule has 0 spiro atoms. The normalized spacial score (nSPS) is 14.8. The summed E-state index contributed by atoms with van der Waals surface area (Å²) in [5, 5.41) is 7.67. The first-order chi connectivity index (χ1) is 17.0. The number of benzene rings is 1. The number of nitrogens with zero attached hydrogens (tertiary/aromatic N) is 1. The van der Waals surface area contributed by atoms with Gasteiger partial charge in [0.1, 0.15) is 5.76 Å². The first-order valence-corrected chi connectivity index (χ1v) is 12.9. The second kappa shape index (κ2) is 11.4. The molecule has 1 fully saturated rings. The number of aryl methyl sites for hydroxylation is 1. The van der Waals surface area contributed by atoms with Gasteiger partial charge in [-0.05, 0) is 67.5 Å². The lowest BCUT2D eigenvalue weighted by Crippen LogP contribution is -2.49. The van der Waals surface area contributed by atoms with Gasteiger partial charge >= 0.3 is 0 Å². The van der Waals surface area contributed by atoms with Gasteiger partial charge in [-0.25, -0.2) is 0 Å². The number of carbonyl (C=O) groups is 3. The predicted molar refractivity (Wildman–Crippen MR) is 137 cm³/mol. The number of carbonyl (C=O) groups excluding carboxylic acids is 3. The summed E-state index contributed by atoms with van der Waals surface area (Å²) < 4.78 is 5.67. The maximum Gasteiger partial charge on any atom is 0.261 e. The van der Waals surface area contributed by atoms with Crippen LogP contribution in [0.1, 0.15) is 64.7 Å². The van der Waals surface area contributed by atoms with Crippen molar-refractivity contribution < 1.29 is 18.8 Å². The van der Waals surface area contributed by atoms with Crippen LogP contribution in [0.25, 0.3) is 0 Å². The number of furan rings is 1. The van der Waals surface area contributed by atoms with Crippen LogP contribution in [-0.2, 0) is 9.59 Å². The molecule has 2 heterocycles. The summed E-state index contributed by atoms with van der Waals surface area (Å²) in [5.74, 6) is -0.637. The Kier molecular flexibility index (Phi) is 8.02. The van der Waals surface area contributed by atoms with E-state index in [0.29, 0.717) is 16.3 Å². The van der Waals surface area contributed by atoms with E-state index in [1.165, 1.54) is 28.9 Å². The summed E-state index contributed by atoms with van der Waals surface area (Å²) in [6, 6.07) is 11.6. The molecule has 2 N–H and O–H groups in total. The van der Waals surface area contributed by atoms with Crippen molar-refractivity contribution in [3.63, 3.8) is 0 Å². The number of rotatable bonds is 8. The number of nitrogens with one attached hydrogen (secondary N) is 2. The van der Waals surface area contributed by atoms with E-state index in [0.717, 1.165) is 36.8 Å². The molecule has 1 aromatic carbocycles. The first-order valence-electron chi connectivity index (χ1n) is 12.0. The van der Waals surface area contributed by atoms with Gasteiger partial charge in [-0.2, -0.15) is 0 Å². The minimum atomic E-state index is -1.00. The fourth-order valence-electron chi connectivity index (χ4n) is 4.50. The molecule has 1 saturated carbocycles. The highest BCUT2D eigenvalue weighted by Crippen LogP contribution is 2.32. The summed E-state index contributed by atoms with van der Waals surface area (Å²) in [6.07, 6.45) is 6.66. The third-order valence-electron chi connectivity index (χ3n) is 6.52. The molecule has 8 heteroatoms. The van der Waals surface area contributed by atoms with Crippen molar-refractivity contribution in [1.82, 2.24) is 10.6 Å². The van der Waals surface area contributed by atoms with E-state index in [-0.39, 0.29) is 24.4 Å². The first kappa shape index (κ1) is 24.7. The molecule has 35 heavy (non-hydrogen) atoms. The van der Waals surface area contributed by atoms with Crippen molar-refractivity contribution in [3.8, 4) is 0 Å². The molecule has 0 bridgehead atoms. The molecular formula is C27H31N3O4S. The highest BCUT2D eigenvalue weighted by molar-refractivity contribution is 7.12. The standard InChI is InChI=1S/C27H31N3O4S/c1-18-9-6-12-21(19(18)2)30(24(31)17-28-26(32)23-14-8-16-35-23)25(22-13-7-15-34-22)27(33)29-20-10-4-3-5-11-20/h6-9,12-16,20,25H,3-5,10-11,17H2,1-2H3,(H,28,32)(H,29,33)/t25-/m0/s1. The molecule has 4 rings (SSSR count). The summed E-state index contributed by atoms with van der Waals surface area (Å²) in [4.78, 5) is 41.9. The molecule has 1 aliphatic carbocycles. The number of hydrogen-bond acceptors (Lipinski definition) is 5. The van der Waals surface area contributed by atoms with E-state index in [1.807, 2.05) is 37.4 Å². The zero-order valence-electron chi connectivity index (χ0n) is 20.1. The lowest BCUT2D eigenvalue weighted by atomic mass is 9.95. The monoisotopic (exact) mass is 493 g/mol. The van der Waals surface area contributed by atoms with Gasteiger partial charge in [-0.3, -0.25) is 19.3 Å².